The van der Waals surface area contributed by atoms with Crippen molar-refractivity contribution in [3.8, 4) is 11.5 Å². The molecule has 214 valence electrons. The van der Waals surface area contributed by atoms with Crippen LogP contribution in [0.5, 0.6) is 11.5 Å². The first kappa shape index (κ1) is 30.2. The van der Waals surface area contributed by atoms with Crippen molar-refractivity contribution < 1.29 is 50.6 Å². The second-order valence-corrected chi connectivity index (χ2v) is 7.68. The molecule has 2 aromatic carbocycles. The van der Waals surface area contributed by atoms with Crippen LogP contribution in [0.3, 0.4) is 0 Å². The fraction of sp³-hybridized carbons (Fsp3) is 0.125. The van der Waals surface area contributed by atoms with Gasteiger partial charge in [0.2, 0.25) is 5.95 Å². The third kappa shape index (κ3) is 8.32. The zero-order valence-corrected chi connectivity index (χ0v) is 20.4. The second kappa shape index (κ2) is 12.2. The average molecular weight is 582 g/mol. The SMILES string of the molecule is CNC(=O)c1cc(Oc2ccc3nc(NC(=O)c4cccc(C(F)(F)F)c4)nnc3c2)ccn1.O=C(O)C(F)(F)F. The minimum Gasteiger partial charge on any atom is -0.475 e. The van der Waals surface area contributed by atoms with Crippen molar-refractivity contribution in [2.24, 2.45) is 0 Å². The number of nitrogens with one attached hydrogen (secondary N) is 2. The van der Waals surface area contributed by atoms with Crippen LogP contribution in [-0.4, -0.2) is 56.3 Å². The van der Waals surface area contributed by atoms with Crippen LogP contribution in [0, 0.1) is 0 Å². The number of carbonyl (C=O) groups is 3. The summed E-state index contributed by atoms with van der Waals surface area (Å²) < 4.78 is 76.1. The predicted molar refractivity (Wildman–Crippen MR) is 128 cm³/mol. The third-order valence-electron chi connectivity index (χ3n) is 4.77. The number of aromatic nitrogens is 4. The van der Waals surface area contributed by atoms with Gasteiger partial charge < -0.3 is 15.2 Å². The minimum absolute atomic E-state index is 0.173. The lowest BCUT2D eigenvalue weighted by molar-refractivity contribution is -0.192. The molecule has 0 saturated carbocycles. The van der Waals surface area contributed by atoms with Gasteiger partial charge in [-0.25, -0.2) is 9.78 Å². The van der Waals surface area contributed by atoms with Gasteiger partial charge >= 0.3 is 18.3 Å². The van der Waals surface area contributed by atoms with Crippen molar-refractivity contribution in [2.75, 3.05) is 12.4 Å². The third-order valence-corrected chi connectivity index (χ3v) is 4.77. The molecule has 11 nitrogen and oxygen atoms in total. The van der Waals surface area contributed by atoms with Gasteiger partial charge in [0.1, 0.15) is 22.7 Å². The highest BCUT2D eigenvalue weighted by Gasteiger charge is 2.38. The number of fused-ring (bicyclic) bond motifs is 1. The van der Waals surface area contributed by atoms with Crippen LogP contribution in [-0.2, 0) is 11.0 Å². The standard InChI is InChI=1S/C22H15F3N6O3.C2HF3O2/c1-26-20(33)18-11-15(7-8-27-18)34-14-5-6-16-17(10-14)30-31-21(28-16)29-19(32)12-3-2-4-13(9-12)22(23,24)25;3-2(4,5)1(6)7/h2-11H,1H3,(H,26,33)(H,28,29,31,32);(H,6,7). The van der Waals surface area contributed by atoms with E-state index in [9.17, 15) is 35.9 Å². The van der Waals surface area contributed by atoms with E-state index in [2.05, 4.69) is 30.8 Å². The summed E-state index contributed by atoms with van der Waals surface area (Å²) in [5.41, 5.74) is -0.251. The van der Waals surface area contributed by atoms with Gasteiger partial charge in [-0.3, -0.25) is 19.9 Å². The first-order chi connectivity index (χ1) is 19.2. The molecule has 41 heavy (non-hydrogen) atoms. The number of carbonyl (C=O) groups excluding carboxylic acids is 2. The largest absolute Gasteiger partial charge is 0.490 e. The van der Waals surface area contributed by atoms with Crippen molar-refractivity contribution in [2.45, 2.75) is 12.4 Å². The Hall–Kier alpha value is -5.35. The van der Waals surface area contributed by atoms with Gasteiger partial charge in [-0.1, -0.05) is 6.07 Å². The summed E-state index contributed by atoms with van der Waals surface area (Å²) >= 11 is 0. The Labute approximate surface area is 225 Å². The monoisotopic (exact) mass is 582 g/mol. The van der Waals surface area contributed by atoms with Gasteiger partial charge in [0.25, 0.3) is 11.8 Å². The van der Waals surface area contributed by atoms with E-state index in [-0.39, 0.29) is 23.1 Å². The lowest BCUT2D eigenvalue weighted by Gasteiger charge is -2.09. The number of aliphatic carboxylic acids is 1. The van der Waals surface area contributed by atoms with Crippen LogP contribution in [0.1, 0.15) is 26.4 Å². The average Bonchev–Trinajstić information content (AvgIpc) is 2.92. The molecule has 0 unspecified atom stereocenters. The fourth-order valence-electron chi connectivity index (χ4n) is 2.91. The molecular weight excluding hydrogens is 566 g/mol. The lowest BCUT2D eigenvalue weighted by atomic mass is 10.1. The quantitative estimate of drug-likeness (QED) is 0.289. The van der Waals surface area contributed by atoms with E-state index in [1.807, 2.05) is 0 Å². The Morgan fingerprint density at radius 3 is 2.17 bits per heavy atom. The highest BCUT2D eigenvalue weighted by Crippen LogP contribution is 2.30. The zero-order valence-electron chi connectivity index (χ0n) is 20.4. The van der Waals surface area contributed by atoms with Gasteiger partial charge in [-0.05, 0) is 36.4 Å². The number of amides is 2. The second-order valence-electron chi connectivity index (χ2n) is 7.68. The number of hydrogen-bond donors (Lipinski definition) is 3. The van der Waals surface area contributed by atoms with E-state index in [0.717, 1.165) is 18.2 Å². The number of pyridine rings is 1. The predicted octanol–water partition coefficient (Wildman–Crippen LogP) is 4.48. The zero-order chi connectivity index (χ0) is 30.4. The number of alkyl halides is 6. The van der Waals surface area contributed by atoms with Crippen LogP contribution in [0.2, 0.25) is 0 Å². The number of halogens is 6. The van der Waals surface area contributed by atoms with E-state index >= 15 is 0 Å². The van der Waals surface area contributed by atoms with Crippen LogP contribution >= 0.6 is 0 Å². The Morgan fingerprint density at radius 2 is 1.54 bits per heavy atom. The molecule has 17 heteroatoms. The Balaban J connectivity index is 0.000000587. The molecule has 4 rings (SSSR count). The highest BCUT2D eigenvalue weighted by atomic mass is 19.4. The van der Waals surface area contributed by atoms with Crippen LogP contribution in [0.4, 0.5) is 32.3 Å². The smallest absolute Gasteiger partial charge is 0.475 e. The fourth-order valence-corrected chi connectivity index (χ4v) is 2.91. The molecule has 0 saturated heterocycles. The number of rotatable bonds is 5. The summed E-state index contributed by atoms with van der Waals surface area (Å²) in [4.78, 5) is 41.1. The molecule has 2 aromatic heterocycles. The molecule has 2 heterocycles. The number of anilines is 1. The molecule has 4 aromatic rings. The number of carboxylic acid groups (broad SMARTS) is 1. The molecule has 3 N–H and O–H groups in total. The molecule has 0 aliphatic rings. The van der Waals surface area contributed by atoms with Gasteiger partial charge in [-0.15, -0.1) is 10.2 Å². The maximum atomic E-state index is 12.9. The van der Waals surface area contributed by atoms with Crippen molar-refractivity contribution in [3.63, 3.8) is 0 Å². The number of benzene rings is 2. The Bertz CT molecular complexity index is 1600. The maximum Gasteiger partial charge on any atom is 0.490 e. The van der Waals surface area contributed by atoms with E-state index in [1.165, 1.54) is 25.4 Å². The number of hydrogen-bond acceptors (Lipinski definition) is 8. The first-order valence-electron chi connectivity index (χ1n) is 11.0. The van der Waals surface area contributed by atoms with Gasteiger partial charge in [0, 0.05) is 30.9 Å². The minimum atomic E-state index is -5.08. The van der Waals surface area contributed by atoms with Crippen molar-refractivity contribution >= 4 is 34.8 Å². The van der Waals surface area contributed by atoms with E-state index in [4.69, 9.17) is 14.6 Å². The van der Waals surface area contributed by atoms with Crippen LogP contribution in [0.25, 0.3) is 11.0 Å². The lowest BCUT2D eigenvalue weighted by Crippen LogP contribution is -2.21. The van der Waals surface area contributed by atoms with Gasteiger partial charge in [0.05, 0.1) is 11.1 Å². The summed E-state index contributed by atoms with van der Waals surface area (Å²) in [6.45, 7) is 0. The number of carboxylic acids is 1. The first-order valence-corrected chi connectivity index (χ1v) is 11.0. The Kier molecular flexibility index (Phi) is 9.00. The molecule has 0 aliphatic carbocycles. The van der Waals surface area contributed by atoms with Crippen molar-refractivity contribution in [1.82, 2.24) is 25.5 Å². The number of ether oxygens (including phenoxy) is 1. The molecule has 0 bridgehead atoms. The highest BCUT2D eigenvalue weighted by molar-refractivity contribution is 6.03. The number of nitrogens with zero attached hydrogens (tertiary/aromatic N) is 4. The molecule has 2 amide bonds. The molecular formula is C24H16F6N6O5. The summed E-state index contributed by atoms with van der Waals surface area (Å²) in [6.07, 6.45) is -8.22. The Morgan fingerprint density at radius 1 is 0.854 bits per heavy atom. The van der Waals surface area contributed by atoms with Crippen molar-refractivity contribution in [1.29, 1.82) is 0 Å². The molecule has 0 radical (unpaired) electrons. The van der Waals surface area contributed by atoms with Crippen LogP contribution < -0.4 is 15.4 Å². The van der Waals surface area contributed by atoms with E-state index in [0.29, 0.717) is 22.5 Å². The van der Waals surface area contributed by atoms with Gasteiger partial charge in [0.15, 0.2) is 0 Å². The summed E-state index contributed by atoms with van der Waals surface area (Å²) in [5, 5.41) is 19.7. The normalized spacial score (nSPS) is 11.2. The van der Waals surface area contributed by atoms with E-state index in [1.54, 1.807) is 24.3 Å². The summed E-state index contributed by atoms with van der Waals surface area (Å²) in [6, 6.07) is 11.8. The molecule has 0 fully saturated rings. The summed E-state index contributed by atoms with van der Waals surface area (Å²) in [7, 11) is 1.49. The topological polar surface area (TPSA) is 156 Å². The summed E-state index contributed by atoms with van der Waals surface area (Å²) in [5.74, 6) is -3.34. The van der Waals surface area contributed by atoms with E-state index < -0.39 is 29.8 Å². The van der Waals surface area contributed by atoms with Gasteiger partial charge in [-0.2, -0.15) is 26.3 Å². The molecule has 0 spiro atoms. The molecule has 0 aliphatic heterocycles. The van der Waals surface area contributed by atoms with Crippen LogP contribution in [0.15, 0.2) is 60.8 Å². The maximum absolute atomic E-state index is 12.9. The molecule has 0 atom stereocenters. The van der Waals surface area contributed by atoms with Crippen molar-refractivity contribution in [3.05, 3.63) is 77.6 Å².